The van der Waals surface area contributed by atoms with Gasteiger partial charge in [-0.1, -0.05) is 41.5 Å². The smallest absolute Gasteiger partial charge is 0.242 e. The van der Waals surface area contributed by atoms with Gasteiger partial charge in [-0.3, -0.25) is 14.4 Å². The van der Waals surface area contributed by atoms with Crippen molar-refractivity contribution in [1.82, 2.24) is 15.1 Å². The Bertz CT molecular complexity index is 1080. The zero-order valence-corrected chi connectivity index (χ0v) is 23.5. The third-order valence-electron chi connectivity index (χ3n) is 9.22. The number of nitrogens with one attached hydrogen (secondary N) is 1. The molecule has 0 aromatic heterocycles. The lowest BCUT2D eigenvalue weighted by molar-refractivity contribution is -0.184. The Hall–Kier alpha value is -1.38. The molecule has 2 amide bonds. The van der Waals surface area contributed by atoms with E-state index in [4.69, 9.17) is 11.6 Å². The molecule has 0 unspecified atom stereocenters. The molecule has 0 aromatic carbocycles. The van der Waals surface area contributed by atoms with Crippen molar-refractivity contribution in [2.24, 2.45) is 29.1 Å². The van der Waals surface area contributed by atoms with E-state index < -0.39 is 41.9 Å². The molecule has 3 rings (SSSR count). The third-order valence-corrected chi connectivity index (χ3v) is 11.0. The molecular weight excluding hydrogens is 462 g/mol. The number of ether oxygens (including phenoxy) is 1. The quantitative estimate of drug-likeness (QED) is 0.376. The summed E-state index contributed by atoms with van der Waals surface area (Å²) >= 11 is 1.46. The number of likely N-dealkylation sites (N-methyl/N-ethyl adjacent to an activating group) is 1. The van der Waals surface area contributed by atoms with Crippen molar-refractivity contribution in [3.8, 4) is 0 Å². The first-order valence-corrected chi connectivity index (χ1v) is 13.3. The average Bonchev–Trinajstić information content (AvgIpc) is 3.20. The standard InChI is InChI=1S/C27H45N3O4S/c1-12-29(10)24(33)27(9)25(6,7)18(13-28-27)35-22-17(14-31)30-21(19(22)15(2)3)20(23(30)32)26(8,34-11)16(4)5/h14-16,18-21,28H,12-13H2,1-11H3/t18-,19-,20-,21-,26-,27-/m1/s1/i10D3,12D2. The van der Waals surface area contributed by atoms with E-state index in [1.807, 2.05) is 34.6 Å². The molecule has 6 atom stereocenters. The number of β-lactam (4-membered cyclic amide) rings is 1. The van der Waals surface area contributed by atoms with E-state index in [9.17, 15) is 14.4 Å². The molecule has 0 aliphatic carbocycles. The predicted octanol–water partition coefficient (Wildman–Crippen LogP) is 3.54. The molecule has 3 heterocycles. The van der Waals surface area contributed by atoms with E-state index in [1.165, 1.54) is 11.8 Å². The fourth-order valence-electron chi connectivity index (χ4n) is 5.98. The molecule has 198 valence electrons. The molecule has 2 fully saturated rings. The van der Waals surface area contributed by atoms with Crippen molar-refractivity contribution >= 4 is 29.9 Å². The fourth-order valence-corrected chi connectivity index (χ4v) is 7.82. The summed E-state index contributed by atoms with van der Waals surface area (Å²) in [6, 6.07) is -0.230. The molecule has 3 aliphatic rings. The average molecular weight is 513 g/mol. The van der Waals surface area contributed by atoms with Crippen LogP contribution in [0.15, 0.2) is 10.6 Å². The van der Waals surface area contributed by atoms with Gasteiger partial charge in [-0.2, -0.15) is 0 Å². The van der Waals surface area contributed by atoms with Gasteiger partial charge in [-0.25, -0.2) is 0 Å². The van der Waals surface area contributed by atoms with Crippen LogP contribution in [0.2, 0.25) is 0 Å². The van der Waals surface area contributed by atoms with Crippen LogP contribution < -0.4 is 5.32 Å². The van der Waals surface area contributed by atoms with Gasteiger partial charge in [0, 0.05) is 55.5 Å². The first-order valence-electron chi connectivity index (χ1n) is 14.9. The number of rotatable bonds is 9. The maximum absolute atomic E-state index is 13.8. The minimum Gasteiger partial charge on any atom is -0.377 e. The molecule has 0 spiro atoms. The number of amides is 2. The number of methoxy groups -OCH3 is 1. The molecule has 0 radical (unpaired) electrons. The van der Waals surface area contributed by atoms with E-state index in [0.717, 1.165) is 18.1 Å². The van der Waals surface area contributed by atoms with Crippen LogP contribution in [0.4, 0.5) is 0 Å². The van der Waals surface area contributed by atoms with Crippen LogP contribution in [-0.4, -0.2) is 77.5 Å². The number of thioether (sulfide) groups is 1. The van der Waals surface area contributed by atoms with E-state index in [1.54, 1.807) is 18.9 Å². The lowest BCUT2D eigenvalue weighted by Crippen LogP contribution is -2.69. The van der Waals surface area contributed by atoms with E-state index in [2.05, 4.69) is 19.2 Å². The van der Waals surface area contributed by atoms with Crippen molar-refractivity contribution in [2.75, 3.05) is 27.1 Å². The number of hydrogen-bond donors (Lipinski definition) is 1. The molecule has 0 aromatic rings. The number of carbonyl (C=O) groups is 3. The van der Waals surface area contributed by atoms with Gasteiger partial charge in [0.2, 0.25) is 11.8 Å². The highest BCUT2D eigenvalue weighted by molar-refractivity contribution is 8.03. The number of allylic oxidation sites excluding steroid dienone is 1. The van der Waals surface area contributed by atoms with Crippen molar-refractivity contribution < 1.29 is 26.0 Å². The highest BCUT2D eigenvalue weighted by Gasteiger charge is 2.66. The Morgan fingerprint density at radius 3 is 2.49 bits per heavy atom. The van der Waals surface area contributed by atoms with Crippen LogP contribution >= 0.6 is 11.8 Å². The van der Waals surface area contributed by atoms with Crippen LogP contribution in [0.3, 0.4) is 0 Å². The summed E-state index contributed by atoms with van der Waals surface area (Å²) in [5.41, 5.74) is -2.62. The largest absolute Gasteiger partial charge is 0.377 e. The second-order valence-corrected chi connectivity index (χ2v) is 12.8. The normalized spacial score (nSPS) is 36.6. The Morgan fingerprint density at radius 1 is 1.40 bits per heavy atom. The number of aldehydes is 1. The SMILES string of the molecule is [2H]C([2H])([2H])N(C(=O)[C@@]1(C)NC[C@@H](SC2=C(C=O)N3C(=O)[C@H]([C@](C)(OC)C(C)C)[C@H]3[C@H]2C(C)C)C1(C)C)C([2H])([2H])C. The van der Waals surface area contributed by atoms with Crippen molar-refractivity contribution in [1.29, 1.82) is 0 Å². The molecular formula is C27H45N3O4S. The molecule has 0 bridgehead atoms. The second kappa shape index (κ2) is 9.49. The highest BCUT2D eigenvalue weighted by atomic mass is 32.2. The Morgan fingerprint density at radius 2 is 2.03 bits per heavy atom. The highest BCUT2D eigenvalue weighted by Crippen LogP contribution is 2.58. The molecule has 7 nitrogen and oxygen atoms in total. The van der Waals surface area contributed by atoms with Crippen molar-refractivity contribution in [3.05, 3.63) is 10.6 Å². The van der Waals surface area contributed by atoms with Crippen LogP contribution in [0.1, 0.15) is 69.2 Å². The summed E-state index contributed by atoms with van der Waals surface area (Å²) in [7, 11) is 1.62. The number of hydrogen-bond acceptors (Lipinski definition) is 6. The lowest BCUT2D eigenvalue weighted by Gasteiger charge is -2.54. The van der Waals surface area contributed by atoms with Crippen LogP contribution in [-0.2, 0) is 19.1 Å². The van der Waals surface area contributed by atoms with E-state index in [-0.39, 0.29) is 35.0 Å². The Kier molecular flexibility index (Phi) is 5.88. The minimum atomic E-state index is -2.98. The van der Waals surface area contributed by atoms with Gasteiger partial charge in [-0.15, -0.1) is 11.8 Å². The maximum atomic E-state index is 13.8. The molecule has 8 heteroatoms. The minimum absolute atomic E-state index is 0.0587. The van der Waals surface area contributed by atoms with Gasteiger partial charge >= 0.3 is 0 Å². The summed E-state index contributed by atoms with van der Waals surface area (Å²) in [6.45, 7) is 11.5. The van der Waals surface area contributed by atoms with Gasteiger partial charge in [-0.05, 0) is 32.6 Å². The van der Waals surface area contributed by atoms with Crippen molar-refractivity contribution in [3.63, 3.8) is 0 Å². The van der Waals surface area contributed by atoms with Crippen LogP contribution in [0.5, 0.6) is 0 Å². The topological polar surface area (TPSA) is 79.0 Å². The Balaban J connectivity index is 2.01. The van der Waals surface area contributed by atoms with E-state index in [0.29, 0.717) is 17.1 Å². The maximum Gasteiger partial charge on any atom is 0.242 e. The van der Waals surface area contributed by atoms with Crippen molar-refractivity contribution in [2.45, 2.75) is 84.7 Å². The van der Waals surface area contributed by atoms with Gasteiger partial charge < -0.3 is 19.9 Å². The molecule has 1 N–H and O–H groups in total. The van der Waals surface area contributed by atoms with E-state index >= 15 is 0 Å². The zero-order valence-electron chi connectivity index (χ0n) is 27.7. The Labute approximate surface area is 222 Å². The summed E-state index contributed by atoms with van der Waals surface area (Å²) < 4.78 is 45.7. The van der Waals surface area contributed by atoms with Gasteiger partial charge in [0.25, 0.3) is 0 Å². The van der Waals surface area contributed by atoms with Gasteiger partial charge in [0.05, 0.1) is 23.3 Å². The molecule has 2 saturated heterocycles. The molecule has 35 heavy (non-hydrogen) atoms. The fraction of sp³-hybridized carbons (Fsp3) is 0.815. The third kappa shape index (κ3) is 3.89. The predicted molar refractivity (Wildman–Crippen MR) is 141 cm³/mol. The molecule has 3 aliphatic heterocycles. The molecule has 0 saturated carbocycles. The summed E-state index contributed by atoms with van der Waals surface area (Å²) in [5, 5.41) is 2.93. The van der Waals surface area contributed by atoms with Gasteiger partial charge in [0.15, 0.2) is 6.29 Å². The summed E-state index contributed by atoms with van der Waals surface area (Å²) in [5.74, 6) is -1.36. The van der Waals surface area contributed by atoms with Crippen LogP contribution in [0.25, 0.3) is 0 Å². The summed E-state index contributed by atoms with van der Waals surface area (Å²) in [4.78, 5) is 42.6. The van der Waals surface area contributed by atoms with Gasteiger partial charge in [0.1, 0.15) is 5.54 Å². The lowest BCUT2D eigenvalue weighted by atomic mass is 9.66. The number of fused-ring (bicyclic) bond motifs is 1. The number of carbonyl (C=O) groups excluding carboxylic acids is 3. The monoisotopic (exact) mass is 512 g/mol. The first kappa shape index (κ1) is 21.7. The number of nitrogens with zero attached hydrogens (tertiary/aromatic N) is 2. The first-order chi connectivity index (χ1) is 18.0. The zero-order chi connectivity index (χ0) is 31.0. The summed E-state index contributed by atoms with van der Waals surface area (Å²) in [6.07, 6.45) is 0.743. The van der Waals surface area contributed by atoms with Crippen LogP contribution in [0, 0.1) is 29.1 Å². The second-order valence-electron chi connectivity index (χ2n) is 11.6.